The van der Waals surface area contributed by atoms with Gasteiger partial charge in [0.05, 0.1) is 5.56 Å². The van der Waals surface area contributed by atoms with Crippen LogP contribution < -0.4 is 16.8 Å². The lowest BCUT2D eigenvalue weighted by Crippen LogP contribution is -2.35. The maximum Gasteiger partial charge on any atom is 0.319 e. The van der Waals surface area contributed by atoms with E-state index in [0.717, 1.165) is 6.07 Å². The number of amides is 3. The van der Waals surface area contributed by atoms with E-state index in [9.17, 15) is 14.0 Å². The number of benzene rings is 1. The van der Waals surface area contributed by atoms with Crippen molar-refractivity contribution in [3.05, 3.63) is 29.6 Å². The van der Waals surface area contributed by atoms with Crippen LogP contribution >= 0.6 is 0 Å². The third-order valence-electron chi connectivity index (χ3n) is 1.47. The smallest absolute Gasteiger partial charge is 0.319 e. The molecule has 0 saturated carbocycles. The molecule has 0 heterocycles. The highest BCUT2D eigenvalue weighted by molar-refractivity contribution is 6.04. The molecule has 0 aromatic heterocycles. The molecule has 6 heteroatoms. The van der Waals surface area contributed by atoms with Crippen LogP contribution in [0, 0.1) is 5.82 Å². The normalized spacial score (nSPS) is 9.50. The summed E-state index contributed by atoms with van der Waals surface area (Å²) in [6.07, 6.45) is 0. The standard InChI is InChI=1S/C8H8FN3O2/c9-6-3-4(10)1-2-5(6)7(13)12-8(11)14/h1-3H,10H2,(H3,11,12,13,14). The van der Waals surface area contributed by atoms with E-state index >= 15 is 0 Å². The molecule has 0 radical (unpaired) electrons. The van der Waals surface area contributed by atoms with Crippen molar-refractivity contribution in [1.82, 2.24) is 5.32 Å². The highest BCUT2D eigenvalue weighted by Crippen LogP contribution is 2.11. The van der Waals surface area contributed by atoms with E-state index in [1.165, 1.54) is 12.1 Å². The monoisotopic (exact) mass is 197 g/mol. The number of nitrogens with two attached hydrogens (primary N) is 2. The second-order valence-corrected chi connectivity index (χ2v) is 2.56. The molecule has 1 aromatic carbocycles. The van der Waals surface area contributed by atoms with Crippen LogP contribution in [0.3, 0.4) is 0 Å². The molecule has 0 fully saturated rings. The SMILES string of the molecule is NC(=O)NC(=O)c1ccc(N)cc1F. The largest absolute Gasteiger partial charge is 0.399 e. The second-order valence-electron chi connectivity index (χ2n) is 2.56. The van der Waals surface area contributed by atoms with Crippen LogP contribution in [0.25, 0.3) is 0 Å². The van der Waals surface area contributed by atoms with Gasteiger partial charge in [-0.2, -0.15) is 0 Å². The Morgan fingerprint density at radius 3 is 2.50 bits per heavy atom. The molecule has 5 N–H and O–H groups in total. The lowest BCUT2D eigenvalue weighted by atomic mass is 10.2. The number of hydrogen-bond donors (Lipinski definition) is 3. The number of carbonyl (C=O) groups excluding carboxylic acids is 2. The van der Waals surface area contributed by atoms with Crippen LogP contribution in [0.2, 0.25) is 0 Å². The van der Waals surface area contributed by atoms with Gasteiger partial charge < -0.3 is 11.5 Å². The zero-order valence-corrected chi connectivity index (χ0v) is 7.08. The minimum absolute atomic E-state index is 0.193. The molecule has 14 heavy (non-hydrogen) atoms. The molecule has 0 spiro atoms. The first-order valence-electron chi connectivity index (χ1n) is 3.66. The highest BCUT2D eigenvalue weighted by Gasteiger charge is 2.12. The fourth-order valence-electron chi connectivity index (χ4n) is 0.895. The Labute approximate surface area is 78.9 Å². The predicted octanol–water partition coefficient (Wildman–Crippen LogP) is 0.216. The Bertz CT molecular complexity index is 392. The summed E-state index contributed by atoms with van der Waals surface area (Å²) in [6.45, 7) is 0. The van der Waals surface area contributed by atoms with Crippen molar-refractivity contribution in [3.63, 3.8) is 0 Å². The zero-order valence-electron chi connectivity index (χ0n) is 7.08. The highest BCUT2D eigenvalue weighted by atomic mass is 19.1. The number of carbonyl (C=O) groups is 2. The summed E-state index contributed by atoms with van der Waals surface area (Å²) < 4.78 is 13.1. The Hall–Kier alpha value is -2.11. The number of hydrogen-bond acceptors (Lipinski definition) is 3. The third-order valence-corrected chi connectivity index (χ3v) is 1.47. The minimum Gasteiger partial charge on any atom is -0.399 e. The number of halogens is 1. The van der Waals surface area contributed by atoms with Crippen LogP contribution in [0.15, 0.2) is 18.2 Å². The van der Waals surface area contributed by atoms with Gasteiger partial charge in [-0.1, -0.05) is 0 Å². The van der Waals surface area contributed by atoms with Gasteiger partial charge in [-0.3, -0.25) is 10.1 Å². The van der Waals surface area contributed by atoms with Crippen LogP contribution in [0.5, 0.6) is 0 Å². The number of nitrogen functional groups attached to an aromatic ring is 1. The Balaban J connectivity index is 2.96. The molecule has 3 amide bonds. The van der Waals surface area contributed by atoms with Gasteiger partial charge in [0.25, 0.3) is 5.91 Å². The van der Waals surface area contributed by atoms with Crippen LogP contribution in [-0.2, 0) is 0 Å². The third kappa shape index (κ3) is 2.19. The van der Waals surface area contributed by atoms with Crippen LogP contribution in [0.4, 0.5) is 14.9 Å². The first-order chi connectivity index (χ1) is 6.50. The van der Waals surface area contributed by atoms with E-state index in [4.69, 9.17) is 11.5 Å². The topological polar surface area (TPSA) is 98.2 Å². The molecule has 1 aromatic rings. The number of imide groups is 1. The summed E-state index contributed by atoms with van der Waals surface area (Å²) in [5, 5.41) is 1.74. The summed E-state index contributed by atoms with van der Waals surface area (Å²) in [5.74, 6) is -1.70. The van der Waals surface area contributed by atoms with Crippen LogP contribution in [-0.4, -0.2) is 11.9 Å². The van der Waals surface area contributed by atoms with Crippen molar-refractivity contribution in [2.45, 2.75) is 0 Å². The fourth-order valence-corrected chi connectivity index (χ4v) is 0.895. The van der Waals surface area contributed by atoms with Gasteiger partial charge in [-0.25, -0.2) is 9.18 Å². The van der Waals surface area contributed by atoms with Gasteiger partial charge in [0, 0.05) is 5.69 Å². The van der Waals surface area contributed by atoms with Crippen molar-refractivity contribution >= 4 is 17.6 Å². The van der Waals surface area contributed by atoms with E-state index in [1.807, 2.05) is 0 Å². The van der Waals surface area contributed by atoms with Gasteiger partial charge in [-0.05, 0) is 18.2 Å². The molecular weight excluding hydrogens is 189 g/mol. The average molecular weight is 197 g/mol. The summed E-state index contributed by atoms with van der Waals surface area (Å²) >= 11 is 0. The first kappa shape index (κ1) is 9.97. The Morgan fingerprint density at radius 1 is 1.36 bits per heavy atom. The molecule has 1 rings (SSSR count). The molecule has 0 bridgehead atoms. The van der Waals surface area contributed by atoms with Crippen molar-refractivity contribution in [2.75, 3.05) is 5.73 Å². The number of anilines is 1. The molecule has 0 saturated heterocycles. The maximum absolute atomic E-state index is 13.1. The van der Waals surface area contributed by atoms with Gasteiger partial charge in [0.2, 0.25) is 0 Å². The number of rotatable bonds is 1. The molecule has 0 aliphatic heterocycles. The molecule has 74 valence electrons. The van der Waals surface area contributed by atoms with Crippen molar-refractivity contribution < 1.29 is 14.0 Å². The van der Waals surface area contributed by atoms with E-state index in [2.05, 4.69) is 0 Å². The predicted molar refractivity (Wildman–Crippen MR) is 47.9 cm³/mol. The number of nitrogens with one attached hydrogen (secondary N) is 1. The number of urea groups is 1. The Morgan fingerprint density at radius 2 is 2.00 bits per heavy atom. The second kappa shape index (κ2) is 3.73. The van der Waals surface area contributed by atoms with Gasteiger partial charge in [0.1, 0.15) is 5.82 Å². The van der Waals surface area contributed by atoms with Gasteiger partial charge in [0.15, 0.2) is 0 Å². The molecule has 0 atom stereocenters. The van der Waals surface area contributed by atoms with Crippen molar-refractivity contribution in [2.24, 2.45) is 5.73 Å². The summed E-state index contributed by atoms with van der Waals surface area (Å²) in [5.41, 5.74) is 9.87. The first-order valence-corrected chi connectivity index (χ1v) is 3.66. The average Bonchev–Trinajstić information content (AvgIpc) is 2.01. The molecule has 0 aliphatic carbocycles. The summed E-state index contributed by atoms with van der Waals surface area (Å²) in [7, 11) is 0. The minimum atomic E-state index is -1.04. The van der Waals surface area contributed by atoms with Gasteiger partial charge >= 0.3 is 6.03 Å². The molecule has 5 nitrogen and oxygen atoms in total. The maximum atomic E-state index is 13.1. The summed E-state index contributed by atoms with van der Waals surface area (Å²) in [6, 6.07) is 2.46. The molecule has 0 unspecified atom stereocenters. The van der Waals surface area contributed by atoms with E-state index < -0.39 is 17.8 Å². The lowest BCUT2D eigenvalue weighted by molar-refractivity contribution is 0.0962. The summed E-state index contributed by atoms with van der Waals surface area (Å²) in [4.78, 5) is 21.4. The zero-order chi connectivity index (χ0) is 10.7. The van der Waals surface area contributed by atoms with Crippen LogP contribution in [0.1, 0.15) is 10.4 Å². The van der Waals surface area contributed by atoms with E-state index in [0.29, 0.717) is 0 Å². The van der Waals surface area contributed by atoms with E-state index in [-0.39, 0.29) is 11.3 Å². The van der Waals surface area contributed by atoms with E-state index in [1.54, 1.807) is 5.32 Å². The number of primary amides is 1. The molecule has 0 aliphatic rings. The Kier molecular flexibility index (Phi) is 2.66. The quantitative estimate of drug-likeness (QED) is 0.561. The van der Waals surface area contributed by atoms with Crippen molar-refractivity contribution in [1.29, 1.82) is 0 Å². The fraction of sp³-hybridized carbons (Fsp3) is 0. The van der Waals surface area contributed by atoms with Gasteiger partial charge in [-0.15, -0.1) is 0 Å². The molecular formula is C8H8FN3O2. The van der Waals surface area contributed by atoms with Crippen molar-refractivity contribution in [3.8, 4) is 0 Å². The lowest BCUT2D eigenvalue weighted by Gasteiger charge is -2.02.